The zero-order valence-electron chi connectivity index (χ0n) is 16.9. The van der Waals surface area contributed by atoms with E-state index >= 15 is 0 Å². The second-order valence-electron chi connectivity index (χ2n) is 8.42. The van der Waals surface area contributed by atoms with Gasteiger partial charge in [0.05, 0.1) is 18.8 Å². The fourth-order valence-corrected chi connectivity index (χ4v) is 4.83. The average Bonchev–Trinajstić information content (AvgIpc) is 2.57. The number of carbonyl (C=O) groups is 1. The number of hydrogen-bond acceptors (Lipinski definition) is 6. The van der Waals surface area contributed by atoms with Crippen molar-refractivity contribution in [1.82, 2.24) is 0 Å². The lowest BCUT2D eigenvalue weighted by molar-refractivity contribution is -0.180. The molecule has 0 spiro atoms. The Morgan fingerprint density at radius 3 is 2.63 bits per heavy atom. The normalized spacial score (nSPS) is 27.3. The van der Waals surface area contributed by atoms with Gasteiger partial charge >= 0.3 is 5.97 Å². The topological polar surface area (TPSA) is 113 Å². The molecule has 0 aromatic heterocycles. The van der Waals surface area contributed by atoms with Crippen LogP contribution in [0.25, 0.3) is 0 Å². The number of allylic oxidation sites excluding steroid dienone is 1. The highest BCUT2D eigenvalue weighted by molar-refractivity contribution is 7.99. The predicted octanol–water partition coefficient (Wildman–Crippen LogP) is 2.42. The number of aliphatic carboxylic acids is 1. The molecule has 0 bridgehead atoms. The maximum atomic E-state index is 10.8. The number of rotatable bonds is 12. The quantitative estimate of drug-likeness (QED) is 0.292. The molecule has 7 heteroatoms. The number of carboxylic acids is 1. The summed E-state index contributed by atoms with van der Waals surface area (Å²) in [5, 5.41) is 29.6. The van der Waals surface area contributed by atoms with E-state index in [-0.39, 0.29) is 24.0 Å². The molecule has 0 amide bonds. The maximum absolute atomic E-state index is 10.8. The molecule has 1 fully saturated rings. The lowest BCUT2D eigenvalue weighted by Gasteiger charge is -2.47. The molecular formula is C20H37NO5S. The van der Waals surface area contributed by atoms with Gasteiger partial charge in [0, 0.05) is 11.7 Å². The van der Waals surface area contributed by atoms with E-state index in [4.69, 9.17) is 15.6 Å². The van der Waals surface area contributed by atoms with Crippen molar-refractivity contribution in [1.29, 1.82) is 0 Å². The summed E-state index contributed by atoms with van der Waals surface area (Å²) in [4.78, 5) is 10.8. The first-order valence-electron chi connectivity index (χ1n) is 9.74. The summed E-state index contributed by atoms with van der Waals surface area (Å²) in [6.07, 6.45) is 2.57. The minimum atomic E-state index is -0.989. The van der Waals surface area contributed by atoms with Crippen molar-refractivity contribution in [2.75, 3.05) is 18.1 Å². The Balaban J connectivity index is 2.62. The van der Waals surface area contributed by atoms with E-state index in [1.54, 1.807) is 11.8 Å². The first kappa shape index (κ1) is 24.4. The van der Waals surface area contributed by atoms with Crippen LogP contribution in [0.2, 0.25) is 0 Å². The Labute approximate surface area is 167 Å². The van der Waals surface area contributed by atoms with E-state index in [0.29, 0.717) is 17.9 Å². The molecule has 5 atom stereocenters. The Morgan fingerprint density at radius 1 is 1.37 bits per heavy atom. The molecule has 158 valence electrons. The fourth-order valence-electron chi connectivity index (χ4n) is 3.71. The Hall–Kier alpha value is -0.600. The Kier molecular flexibility index (Phi) is 10.3. The van der Waals surface area contributed by atoms with E-state index in [9.17, 15) is 15.0 Å². The fraction of sp³-hybridized carbons (Fsp3) is 0.850. The lowest BCUT2D eigenvalue weighted by atomic mass is 9.68. The standard InChI is InChI=1S/C20H37NO5S/c1-13(2)7-5-6-9-20(3,4)17-16(26-11-15(22)18(17)23)12-27-10-8-14(21)19(24)25/h14-18,22-23H,1,5-12,21H2,2-4H3,(H,24,25)/t14-,15?,16?,17?,18?/m0/s1. The van der Waals surface area contributed by atoms with E-state index in [1.807, 2.05) is 6.92 Å². The summed E-state index contributed by atoms with van der Waals surface area (Å²) < 4.78 is 5.87. The van der Waals surface area contributed by atoms with Gasteiger partial charge < -0.3 is 25.8 Å². The summed E-state index contributed by atoms with van der Waals surface area (Å²) >= 11 is 1.59. The summed E-state index contributed by atoms with van der Waals surface area (Å²) in [6, 6.07) is -0.849. The minimum absolute atomic E-state index is 0.128. The molecule has 0 aromatic carbocycles. The molecule has 27 heavy (non-hydrogen) atoms. The Morgan fingerprint density at radius 2 is 2.04 bits per heavy atom. The average molecular weight is 404 g/mol. The lowest BCUT2D eigenvalue weighted by Crippen LogP contribution is -2.55. The molecule has 0 radical (unpaired) electrons. The number of hydrogen-bond donors (Lipinski definition) is 4. The highest BCUT2D eigenvalue weighted by Crippen LogP contribution is 2.42. The third kappa shape index (κ3) is 8.11. The van der Waals surface area contributed by atoms with Gasteiger partial charge in [-0.15, -0.1) is 6.58 Å². The number of carboxylic acid groups (broad SMARTS) is 1. The van der Waals surface area contributed by atoms with Gasteiger partial charge in [0.15, 0.2) is 0 Å². The zero-order chi connectivity index (χ0) is 20.6. The number of aliphatic hydroxyl groups is 2. The van der Waals surface area contributed by atoms with Crippen LogP contribution >= 0.6 is 11.8 Å². The first-order valence-corrected chi connectivity index (χ1v) is 10.9. The molecule has 1 rings (SSSR count). The summed E-state index contributed by atoms with van der Waals surface area (Å²) in [7, 11) is 0. The van der Waals surface area contributed by atoms with Crippen LogP contribution in [0.3, 0.4) is 0 Å². The molecular weight excluding hydrogens is 366 g/mol. The molecule has 4 unspecified atom stereocenters. The van der Waals surface area contributed by atoms with E-state index < -0.39 is 24.2 Å². The van der Waals surface area contributed by atoms with Crippen LogP contribution in [0.1, 0.15) is 52.9 Å². The molecule has 1 aliphatic heterocycles. The highest BCUT2D eigenvalue weighted by atomic mass is 32.2. The van der Waals surface area contributed by atoms with Crippen molar-refractivity contribution in [2.45, 2.75) is 77.2 Å². The summed E-state index contributed by atoms with van der Waals surface area (Å²) in [6.45, 7) is 10.3. The maximum Gasteiger partial charge on any atom is 0.320 e. The van der Waals surface area contributed by atoms with Crippen LogP contribution < -0.4 is 5.73 Å². The van der Waals surface area contributed by atoms with Crippen LogP contribution in [-0.2, 0) is 9.53 Å². The van der Waals surface area contributed by atoms with Crippen molar-refractivity contribution in [3.8, 4) is 0 Å². The third-order valence-electron chi connectivity index (χ3n) is 5.39. The molecule has 0 saturated carbocycles. The number of ether oxygens (including phenoxy) is 1. The van der Waals surface area contributed by atoms with Gasteiger partial charge in [-0.3, -0.25) is 4.79 Å². The molecule has 6 nitrogen and oxygen atoms in total. The molecule has 0 aromatic rings. The van der Waals surface area contributed by atoms with E-state index in [2.05, 4.69) is 20.4 Å². The van der Waals surface area contributed by atoms with Crippen LogP contribution in [0.4, 0.5) is 0 Å². The van der Waals surface area contributed by atoms with Crippen molar-refractivity contribution in [3.63, 3.8) is 0 Å². The second kappa shape index (κ2) is 11.4. The zero-order valence-corrected chi connectivity index (χ0v) is 17.7. The molecule has 1 saturated heterocycles. The van der Waals surface area contributed by atoms with Crippen LogP contribution in [0.5, 0.6) is 0 Å². The SMILES string of the molecule is C=C(C)CCCCC(C)(C)C1C(CSCC[C@H](N)C(=O)O)OCC(O)C1O. The second-order valence-corrected chi connectivity index (χ2v) is 9.57. The molecule has 5 N–H and O–H groups in total. The van der Waals surface area contributed by atoms with Crippen molar-refractivity contribution >= 4 is 17.7 Å². The van der Waals surface area contributed by atoms with Crippen molar-refractivity contribution < 1.29 is 24.9 Å². The van der Waals surface area contributed by atoms with Crippen LogP contribution in [0, 0.1) is 11.3 Å². The van der Waals surface area contributed by atoms with Gasteiger partial charge in [-0.1, -0.05) is 25.8 Å². The van der Waals surface area contributed by atoms with Crippen LogP contribution in [0.15, 0.2) is 12.2 Å². The van der Waals surface area contributed by atoms with Crippen molar-refractivity contribution in [3.05, 3.63) is 12.2 Å². The predicted molar refractivity (Wildman–Crippen MR) is 110 cm³/mol. The largest absolute Gasteiger partial charge is 0.480 e. The van der Waals surface area contributed by atoms with Gasteiger partial charge in [-0.2, -0.15) is 11.8 Å². The number of thioether (sulfide) groups is 1. The number of nitrogens with two attached hydrogens (primary N) is 1. The van der Waals surface area contributed by atoms with Gasteiger partial charge in [0.1, 0.15) is 12.1 Å². The van der Waals surface area contributed by atoms with Gasteiger partial charge in [0.25, 0.3) is 0 Å². The van der Waals surface area contributed by atoms with Gasteiger partial charge in [0.2, 0.25) is 0 Å². The molecule has 0 aliphatic carbocycles. The third-order valence-corrected chi connectivity index (χ3v) is 6.48. The van der Waals surface area contributed by atoms with Crippen LogP contribution in [-0.4, -0.2) is 63.8 Å². The summed E-state index contributed by atoms with van der Waals surface area (Å²) in [5.41, 5.74) is 6.54. The first-order chi connectivity index (χ1) is 12.6. The van der Waals surface area contributed by atoms with E-state index in [1.165, 1.54) is 5.57 Å². The smallest absolute Gasteiger partial charge is 0.320 e. The van der Waals surface area contributed by atoms with Gasteiger partial charge in [-0.05, 0) is 43.8 Å². The number of aliphatic hydroxyl groups excluding tert-OH is 2. The van der Waals surface area contributed by atoms with Crippen molar-refractivity contribution in [2.24, 2.45) is 17.1 Å². The summed E-state index contributed by atoms with van der Waals surface area (Å²) in [5.74, 6) is 0.108. The monoisotopic (exact) mass is 403 g/mol. The molecule has 1 heterocycles. The number of unbranched alkanes of at least 4 members (excludes halogenated alkanes) is 1. The highest BCUT2D eigenvalue weighted by Gasteiger charge is 2.46. The Bertz CT molecular complexity index is 485. The van der Waals surface area contributed by atoms with E-state index in [0.717, 1.165) is 25.7 Å². The molecule has 1 aliphatic rings. The minimum Gasteiger partial charge on any atom is -0.480 e. The van der Waals surface area contributed by atoms with Gasteiger partial charge in [-0.25, -0.2) is 0 Å².